The van der Waals surface area contributed by atoms with Gasteiger partial charge in [-0.05, 0) is 80.1 Å². The number of nitrogens with one attached hydrogen (secondary N) is 3. The van der Waals surface area contributed by atoms with Crippen molar-refractivity contribution in [3.63, 3.8) is 0 Å². The van der Waals surface area contributed by atoms with Gasteiger partial charge in [-0.15, -0.1) is 11.8 Å². The van der Waals surface area contributed by atoms with Crippen LogP contribution in [0.2, 0.25) is 0 Å². The number of methoxy groups -OCH3 is 1. The number of ether oxygens (including phenoxy) is 1. The summed E-state index contributed by atoms with van der Waals surface area (Å²) in [6.45, 7) is 4.96. The monoisotopic (exact) mass is 682 g/mol. The minimum Gasteiger partial charge on any atom is -0.496 e. The molecule has 1 unspecified atom stereocenters. The van der Waals surface area contributed by atoms with Gasteiger partial charge in [-0.3, -0.25) is 14.4 Å². The molecule has 50 heavy (non-hydrogen) atoms. The van der Waals surface area contributed by atoms with Crippen molar-refractivity contribution in [1.82, 2.24) is 9.88 Å². The highest BCUT2D eigenvalue weighted by Crippen LogP contribution is 2.33. The van der Waals surface area contributed by atoms with E-state index in [0.29, 0.717) is 29.0 Å². The second kappa shape index (κ2) is 15.6. The van der Waals surface area contributed by atoms with Crippen molar-refractivity contribution in [2.75, 3.05) is 17.7 Å². The van der Waals surface area contributed by atoms with Crippen molar-refractivity contribution in [1.29, 1.82) is 0 Å². The molecule has 0 bridgehead atoms. The molecule has 0 aliphatic rings. The van der Waals surface area contributed by atoms with Gasteiger partial charge in [0.1, 0.15) is 11.4 Å². The Hall–Kier alpha value is -5.80. The average Bonchev–Trinajstić information content (AvgIpc) is 3.47. The van der Waals surface area contributed by atoms with Gasteiger partial charge >= 0.3 is 0 Å². The van der Waals surface area contributed by atoms with E-state index in [2.05, 4.69) is 45.6 Å². The number of rotatable bonds is 12. The third-order valence-electron chi connectivity index (χ3n) is 8.36. The largest absolute Gasteiger partial charge is 0.496 e. The topological polar surface area (TPSA) is 101 Å². The maximum atomic E-state index is 13.7. The van der Waals surface area contributed by atoms with Crippen LogP contribution in [0.4, 0.5) is 11.4 Å². The Morgan fingerprint density at radius 2 is 1.48 bits per heavy atom. The molecule has 0 radical (unpaired) electrons. The third-order valence-corrected chi connectivity index (χ3v) is 9.72. The van der Waals surface area contributed by atoms with E-state index in [9.17, 15) is 14.4 Å². The molecule has 0 aliphatic carbocycles. The molecule has 0 fully saturated rings. The first-order valence-corrected chi connectivity index (χ1v) is 17.4. The van der Waals surface area contributed by atoms with Crippen LogP contribution in [0.3, 0.4) is 0 Å². The summed E-state index contributed by atoms with van der Waals surface area (Å²) in [5.41, 5.74) is 4.66. The van der Waals surface area contributed by atoms with Crippen LogP contribution in [0.5, 0.6) is 5.75 Å². The number of amides is 3. The summed E-state index contributed by atoms with van der Waals surface area (Å²) in [5, 5.41) is 10.7. The maximum absolute atomic E-state index is 13.7. The number of nitrogens with zero attached hydrogens (tertiary/aromatic N) is 1. The molecule has 1 aromatic heterocycles. The highest BCUT2D eigenvalue weighted by Gasteiger charge is 2.20. The van der Waals surface area contributed by atoms with E-state index in [4.69, 9.17) is 4.74 Å². The Kier molecular flexibility index (Phi) is 10.6. The lowest BCUT2D eigenvalue weighted by molar-refractivity contribution is -0.116. The summed E-state index contributed by atoms with van der Waals surface area (Å²) < 4.78 is 7.75. The van der Waals surface area contributed by atoms with Crippen molar-refractivity contribution < 1.29 is 19.1 Å². The molecule has 1 heterocycles. The van der Waals surface area contributed by atoms with E-state index in [-0.39, 0.29) is 16.9 Å². The summed E-state index contributed by atoms with van der Waals surface area (Å²) in [6, 6.07) is 37.6. The molecule has 8 nitrogen and oxygen atoms in total. The van der Waals surface area contributed by atoms with Crippen molar-refractivity contribution in [3.8, 4) is 5.75 Å². The number of para-hydroxylation sites is 2. The van der Waals surface area contributed by atoms with Crippen LogP contribution in [0, 0.1) is 0 Å². The fourth-order valence-corrected chi connectivity index (χ4v) is 6.92. The van der Waals surface area contributed by atoms with Gasteiger partial charge in [-0.1, -0.05) is 67.6 Å². The number of fused-ring (bicyclic) bond motifs is 3. The number of anilines is 2. The van der Waals surface area contributed by atoms with E-state index in [1.165, 1.54) is 17.3 Å². The molecule has 3 N–H and O–H groups in total. The first-order chi connectivity index (χ1) is 24.4. The Morgan fingerprint density at radius 1 is 0.760 bits per heavy atom. The number of aromatic nitrogens is 1. The Balaban J connectivity index is 1.18. The van der Waals surface area contributed by atoms with Crippen LogP contribution < -0.4 is 20.7 Å². The minimum atomic E-state index is -0.507. The molecule has 252 valence electrons. The van der Waals surface area contributed by atoms with E-state index in [1.54, 1.807) is 55.7 Å². The molecule has 9 heteroatoms. The zero-order valence-corrected chi connectivity index (χ0v) is 28.9. The van der Waals surface area contributed by atoms with E-state index >= 15 is 0 Å². The summed E-state index contributed by atoms with van der Waals surface area (Å²) in [4.78, 5) is 41.1. The molecule has 0 spiro atoms. The third kappa shape index (κ3) is 7.58. The van der Waals surface area contributed by atoms with Crippen LogP contribution in [-0.2, 0) is 16.1 Å². The molecule has 6 aromatic rings. The van der Waals surface area contributed by atoms with Gasteiger partial charge in [0, 0.05) is 55.7 Å². The molecule has 5 aromatic carbocycles. The van der Waals surface area contributed by atoms with Crippen LogP contribution in [-0.4, -0.2) is 34.6 Å². The summed E-state index contributed by atoms with van der Waals surface area (Å²) >= 11 is 1.43. The quantitative estimate of drug-likeness (QED) is 0.0886. The molecule has 0 saturated heterocycles. The summed E-state index contributed by atoms with van der Waals surface area (Å²) in [5.74, 6) is -0.469. The molecule has 0 saturated carbocycles. The second-order valence-corrected chi connectivity index (χ2v) is 12.9. The minimum absolute atomic E-state index is 0.0475. The fraction of sp³-hybridized carbons (Fsp3) is 0.146. The summed E-state index contributed by atoms with van der Waals surface area (Å²) in [6.07, 6.45) is 2.18. The van der Waals surface area contributed by atoms with Crippen molar-refractivity contribution in [3.05, 3.63) is 138 Å². The predicted octanol–water partition coefficient (Wildman–Crippen LogP) is 8.74. The van der Waals surface area contributed by atoms with Gasteiger partial charge < -0.3 is 25.3 Å². The number of aryl methyl sites for hydroxylation is 1. The van der Waals surface area contributed by atoms with Gasteiger partial charge in [0.25, 0.3) is 11.8 Å². The lowest BCUT2D eigenvalue weighted by Gasteiger charge is -2.16. The predicted molar refractivity (Wildman–Crippen MR) is 204 cm³/mol. The van der Waals surface area contributed by atoms with Crippen LogP contribution in [0.25, 0.3) is 27.9 Å². The van der Waals surface area contributed by atoms with Crippen LogP contribution >= 0.6 is 11.8 Å². The molecule has 0 aliphatic heterocycles. The first kappa shape index (κ1) is 34.1. The lowest BCUT2D eigenvalue weighted by Crippen LogP contribution is -2.30. The molecule has 1 atom stereocenters. The normalized spacial score (nSPS) is 12.0. The molecule has 6 rings (SSSR count). The number of carbonyl (C=O) groups excluding carboxylic acids is 3. The number of carbonyl (C=O) groups is 3. The Labute approximate surface area is 295 Å². The lowest BCUT2D eigenvalue weighted by atomic mass is 10.1. The average molecular weight is 683 g/mol. The van der Waals surface area contributed by atoms with Gasteiger partial charge in [-0.25, -0.2) is 0 Å². The van der Waals surface area contributed by atoms with Gasteiger partial charge in [0.2, 0.25) is 5.91 Å². The van der Waals surface area contributed by atoms with Crippen molar-refractivity contribution >= 4 is 68.7 Å². The standard InChI is InChI=1S/C41H38N4O4S/c1-4-38(41(48)43-30-22-23-36-33(26-30)32-19-10-11-20-35(32)45(36)5-2)50-31-18-13-17-29(25-31)42-40(47)34(24-28-16-9-12-21-37(28)49-3)44-39(46)27-14-7-6-8-15-27/h6-26,38H,4-5H2,1-3H3,(H,42,47)(H,43,48)(H,44,46)/b34-24+. The van der Waals surface area contributed by atoms with Gasteiger partial charge in [-0.2, -0.15) is 0 Å². The zero-order chi connectivity index (χ0) is 35.0. The number of hydrogen-bond donors (Lipinski definition) is 3. The Bertz CT molecular complexity index is 2210. The Morgan fingerprint density at radius 3 is 2.26 bits per heavy atom. The van der Waals surface area contributed by atoms with Crippen LogP contribution in [0.1, 0.15) is 36.2 Å². The number of hydrogen-bond acceptors (Lipinski definition) is 5. The molecular weight excluding hydrogens is 645 g/mol. The van der Waals surface area contributed by atoms with E-state index in [1.807, 2.05) is 67.6 Å². The van der Waals surface area contributed by atoms with E-state index in [0.717, 1.165) is 33.4 Å². The van der Waals surface area contributed by atoms with E-state index < -0.39 is 11.8 Å². The maximum Gasteiger partial charge on any atom is 0.272 e. The van der Waals surface area contributed by atoms with Crippen LogP contribution in [0.15, 0.2) is 132 Å². The van der Waals surface area contributed by atoms with Gasteiger partial charge in [0.05, 0.1) is 12.4 Å². The highest BCUT2D eigenvalue weighted by molar-refractivity contribution is 8.00. The van der Waals surface area contributed by atoms with Crippen molar-refractivity contribution in [2.45, 2.75) is 37.0 Å². The summed E-state index contributed by atoms with van der Waals surface area (Å²) in [7, 11) is 1.55. The zero-order valence-electron chi connectivity index (χ0n) is 28.1. The molecular formula is C41H38N4O4S. The second-order valence-electron chi connectivity index (χ2n) is 11.6. The number of thioether (sulfide) groups is 1. The number of benzene rings is 5. The van der Waals surface area contributed by atoms with Gasteiger partial charge in [0.15, 0.2) is 0 Å². The molecule has 3 amide bonds. The van der Waals surface area contributed by atoms with Crippen molar-refractivity contribution in [2.24, 2.45) is 0 Å². The SMILES string of the molecule is CCC(Sc1cccc(NC(=O)/C(=C\c2ccccc2OC)NC(=O)c2ccccc2)c1)C(=O)Nc1ccc2c(c1)c1ccccc1n2CC. The first-order valence-electron chi connectivity index (χ1n) is 16.5. The smallest absolute Gasteiger partial charge is 0.272 e. The highest BCUT2D eigenvalue weighted by atomic mass is 32.2. The fourth-order valence-electron chi connectivity index (χ4n) is 5.91.